The van der Waals surface area contributed by atoms with Crippen molar-refractivity contribution in [1.82, 2.24) is 14.8 Å². The van der Waals surface area contributed by atoms with Crippen molar-refractivity contribution in [3.63, 3.8) is 0 Å². The number of nitrogens with zero attached hydrogens (tertiary/aromatic N) is 3. The summed E-state index contributed by atoms with van der Waals surface area (Å²) in [4.78, 5) is 4.25. The minimum absolute atomic E-state index is 0.620. The Bertz CT molecular complexity index is 481. The smallest absolute Gasteiger partial charge is 0.173 e. The fraction of sp³-hybridized carbons (Fsp3) is 0.333. The Labute approximate surface area is 100 Å². The summed E-state index contributed by atoms with van der Waals surface area (Å²) < 4.78 is 7.34. The molecule has 0 unspecified atom stereocenters. The molecule has 5 nitrogen and oxygen atoms in total. The van der Waals surface area contributed by atoms with Crippen LogP contribution in [0, 0.1) is 0 Å². The number of anilines is 2. The second-order valence-electron chi connectivity index (χ2n) is 3.49. The normalized spacial score (nSPS) is 10.2. The molecule has 0 fully saturated rings. The molecule has 2 aromatic rings. The first-order valence-corrected chi connectivity index (χ1v) is 5.70. The summed E-state index contributed by atoms with van der Waals surface area (Å²) >= 11 is 0. The van der Waals surface area contributed by atoms with E-state index in [4.69, 9.17) is 4.74 Å². The van der Waals surface area contributed by atoms with Gasteiger partial charge >= 0.3 is 0 Å². The zero-order valence-corrected chi connectivity index (χ0v) is 10.1. The number of hydrogen-bond acceptors (Lipinski definition) is 4. The number of rotatable bonds is 5. The number of aromatic nitrogens is 3. The monoisotopic (exact) mass is 232 g/mol. The lowest BCUT2D eigenvalue weighted by Gasteiger charge is -2.09. The van der Waals surface area contributed by atoms with Crippen LogP contribution in [-0.2, 0) is 6.54 Å². The van der Waals surface area contributed by atoms with Gasteiger partial charge in [0.2, 0.25) is 0 Å². The third kappa shape index (κ3) is 2.75. The van der Waals surface area contributed by atoms with Crippen LogP contribution in [0.3, 0.4) is 0 Å². The van der Waals surface area contributed by atoms with E-state index in [2.05, 4.69) is 15.4 Å². The van der Waals surface area contributed by atoms with Crippen molar-refractivity contribution >= 4 is 11.5 Å². The van der Waals surface area contributed by atoms with Crippen molar-refractivity contribution in [3.05, 3.63) is 30.7 Å². The van der Waals surface area contributed by atoms with Crippen molar-refractivity contribution in [1.29, 1.82) is 0 Å². The third-order valence-corrected chi connectivity index (χ3v) is 2.29. The van der Waals surface area contributed by atoms with Crippen molar-refractivity contribution in [3.8, 4) is 5.75 Å². The van der Waals surface area contributed by atoms with E-state index >= 15 is 0 Å². The highest BCUT2D eigenvalue weighted by molar-refractivity contribution is 5.60. The van der Waals surface area contributed by atoms with Crippen LogP contribution in [0.4, 0.5) is 11.5 Å². The van der Waals surface area contributed by atoms with Crippen molar-refractivity contribution in [2.45, 2.75) is 20.4 Å². The first-order valence-electron chi connectivity index (χ1n) is 5.70. The third-order valence-electron chi connectivity index (χ3n) is 2.29. The van der Waals surface area contributed by atoms with Gasteiger partial charge in [-0.1, -0.05) is 0 Å². The summed E-state index contributed by atoms with van der Waals surface area (Å²) in [5.74, 6) is 1.46. The van der Waals surface area contributed by atoms with E-state index in [0.717, 1.165) is 18.0 Å². The lowest BCUT2D eigenvalue weighted by atomic mass is 10.4. The molecule has 0 atom stereocenters. The predicted octanol–water partition coefficient (Wildman–Crippen LogP) is 2.44. The first-order chi connectivity index (χ1) is 8.33. The number of ether oxygens (including phenoxy) is 1. The molecule has 0 saturated carbocycles. The molecule has 2 rings (SSSR count). The molecule has 0 amide bonds. The molecule has 17 heavy (non-hydrogen) atoms. The van der Waals surface area contributed by atoms with Crippen LogP contribution in [0.1, 0.15) is 13.8 Å². The first kappa shape index (κ1) is 11.4. The Hall–Kier alpha value is -2.04. The van der Waals surface area contributed by atoms with Crippen LogP contribution < -0.4 is 10.1 Å². The van der Waals surface area contributed by atoms with E-state index in [1.807, 2.05) is 36.9 Å². The van der Waals surface area contributed by atoms with Gasteiger partial charge in [-0.2, -0.15) is 5.10 Å². The van der Waals surface area contributed by atoms with Crippen LogP contribution in [-0.4, -0.2) is 21.4 Å². The largest absolute Gasteiger partial charge is 0.490 e. The fourth-order valence-electron chi connectivity index (χ4n) is 1.49. The van der Waals surface area contributed by atoms with Crippen LogP contribution in [0.15, 0.2) is 30.7 Å². The summed E-state index contributed by atoms with van der Waals surface area (Å²) in [6.45, 7) is 5.46. The van der Waals surface area contributed by atoms with Crippen LogP contribution in [0.25, 0.3) is 0 Å². The molecule has 0 spiro atoms. The highest BCUT2D eigenvalue weighted by Gasteiger charge is 2.05. The van der Waals surface area contributed by atoms with Crippen molar-refractivity contribution in [2.75, 3.05) is 11.9 Å². The maximum atomic E-state index is 5.49. The molecule has 0 saturated heterocycles. The summed E-state index contributed by atoms with van der Waals surface area (Å²) in [5.41, 5.74) is 0.909. The minimum atomic E-state index is 0.620. The van der Waals surface area contributed by atoms with Gasteiger partial charge in [0.25, 0.3) is 0 Å². The van der Waals surface area contributed by atoms with Gasteiger partial charge in [-0.05, 0) is 26.0 Å². The van der Waals surface area contributed by atoms with Crippen molar-refractivity contribution in [2.24, 2.45) is 0 Å². The number of nitrogens with one attached hydrogen (secondary N) is 1. The molecule has 0 bridgehead atoms. The van der Waals surface area contributed by atoms with E-state index in [1.165, 1.54) is 0 Å². The lowest BCUT2D eigenvalue weighted by Crippen LogP contribution is -1.99. The summed E-state index contributed by atoms with van der Waals surface area (Å²) in [6.07, 6.45) is 5.44. The fourth-order valence-corrected chi connectivity index (χ4v) is 1.49. The molecule has 2 heterocycles. The highest BCUT2D eigenvalue weighted by atomic mass is 16.5. The maximum absolute atomic E-state index is 5.49. The van der Waals surface area contributed by atoms with Crippen molar-refractivity contribution < 1.29 is 4.74 Å². The summed E-state index contributed by atoms with van der Waals surface area (Å²) in [5, 5.41) is 7.38. The molecular formula is C12H16N4O. The second-order valence-corrected chi connectivity index (χ2v) is 3.49. The van der Waals surface area contributed by atoms with Crippen LogP contribution in [0.5, 0.6) is 5.75 Å². The van der Waals surface area contributed by atoms with E-state index in [0.29, 0.717) is 12.4 Å². The lowest BCUT2D eigenvalue weighted by molar-refractivity contribution is 0.341. The molecule has 0 aliphatic carbocycles. The topological polar surface area (TPSA) is 52.0 Å². The molecule has 0 aliphatic heterocycles. The molecule has 0 aromatic carbocycles. The quantitative estimate of drug-likeness (QED) is 0.860. The molecule has 90 valence electrons. The van der Waals surface area contributed by atoms with Gasteiger partial charge < -0.3 is 10.1 Å². The van der Waals surface area contributed by atoms with Gasteiger partial charge in [0.05, 0.1) is 18.5 Å². The highest BCUT2D eigenvalue weighted by Crippen LogP contribution is 2.24. The van der Waals surface area contributed by atoms with Crippen LogP contribution in [0.2, 0.25) is 0 Å². The van der Waals surface area contributed by atoms with Crippen LogP contribution >= 0.6 is 0 Å². The number of pyridine rings is 1. The second kappa shape index (κ2) is 5.34. The van der Waals surface area contributed by atoms with E-state index < -0.39 is 0 Å². The predicted molar refractivity (Wildman–Crippen MR) is 66.6 cm³/mol. The minimum Gasteiger partial charge on any atom is -0.490 e. The van der Waals surface area contributed by atoms with E-state index in [-0.39, 0.29) is 0 Å². The SMILES string of the molecule is CCOc1cccnc1Nc1cnn(CC)c1. The van der Waals surface area contributed by atoms with E-state index in [9.17, 15) is 0 Å². The average Bonchev–Trinajstić information content (AvgIpc) is 2.80. The van der Waals surface area contributed by atoms with Gasteiger partial charge in [-0.25, -0.2) is 4.98 Å². The van der Waals surface area contributed by atoms with Gasteiger partial charge in [0.1, 0.15) is 0 Å². The molecular weight excluding hydrogens is 216 g/mol. The van der Waals surface area contributed by atoms with Gasteiger partial charge in [-0.3, -0.25) is 4.68 Å². The maximum Gasteiger partial charge on any atom is 0.173 e. The molecule has 5 heteroatoms. The average molecular weight is 232 g/mol. The molecule has 0 aliphatic rings. The molecule has 2 aromatic heterocycles. The Morgan fingerprint density at radius 2 is 2.29 bits per heavy atom. The zero-order chi connectivity index (χ0) is 12.1. The Kier molecular flexibility index (Phi) is 3.59. The molecule has 1 N–H and O–H groups in total. The van der Waals surface area contributed by atoms with Gasteiger partial charge in [0.15, 0.2) is 11.6 Å². The van der Waals surface area contributed by atoms with Gasteiger partial charge in [-0.15, -0.1) is 0 Å². The Balaban J connectivity index is 2.17. The Morgan fingerprint density at radius 1 is 1.41 bits per heavy atom. The molecule has 0 radical (unpaired) electrons. The zero-order valence-electron chi connectivity index (χ0n) is 10.1. The van der Waals surface area contributed by atoms with Gasteiger partial charge in [0, 0.05) is 18.9 Å². The Morgan fingerprint density at radius 3 is 3.00 bits per heavy atom. The summed E-state index contributed by atoms with van der Waals surface area (Å²) in [7, 11) is 0. The standard InChI is InChI=1S/C12H16N4O/c1-3-16-9-10(8-14-16)15-12-11(17-4-2)6-5-7-13-12/h5-9H,3-4H2,1-2H3,(H,13,15). The number of hydrogen-bond donors (Lipinski definition) is 1. The summed E-state index contributed by atoms with van der Waals surface area (Å²) in [6, 6.07) is 3.74. The number of aryl methyl sites for hydroxylation is 1. The van der Waals surface area contributed by atoms with E-state index in [1.54, 1.807) is 12.4 Å².